The molecule has 372 valence electrons. The summed E-state index contributed by atoms with van der Waals surface area (Å²) < 4.78 is 5.47. The number of hydrogen-bond donors (Lipinski definition) is 3. The van der Waals surface area contributed by atoms with Gasteiger partial charge in [-0.25, -0.2) is 0 Å². The Hall–Kier alpha value is -1.66. The second kappa shape index (κ2) is 53.0. The molecule has 0 saturated carbocycles. The molecule has 0 aromatic carbocycles. The summed E-state index contributed by atoms with van der Waals surface area (Å²) in [5.41, 5.74) is 0. The highest BCUT2D eigenvalue weighted by molar-refractivity contribution is 5.76. The maximum absolute atomic E-state index is 12.4. The molecule has 3 N–H and O–H groups in total. The first kappa shape index (κ1) is 61.3. The third-order valence-corrected chi connectivity index (χ3v) is 13.0. The Bertz CT molecular complexity index is 982. The average molecular weight is 889 g/mol. The monoisotopic (exact) mass is 888 g/mol. The lowest BCUT2D eigenvalue weighted by Crippen LogP contribution is -2.45. The number of carbonyl (C=O) groups is 2. The van der Waals surface area contributed by atoms with Gasteiger partial charge in [0.15, 0.2) is 0 Å². The second-order valence-electron chi connectivity index (χ2n) is 19.3. The topological polar surface area (TPSA) is 95.9 Å². The Labute approximate surface area is 392 Å². The van der Waals surface area contributed by atoms with E-state index in [0.717, 1.165) is 44.9 Å². The number of aliphatic hydroxyl groups is 2. The standard InChI is InChI=1S/C57H109NO5/c1-3-5-7-9-11-13-15-17-22-27-31-35-39-43-47-51-57(62)63-52-48-44-40-36-32-28-24-21-19-20-23-26-30-34-38-42-46-50-56(61)58-54(53-59)55(60)49-45-41-37-33-29-25-18-16-14-12-10-8-6-4-2/h17,22,45,49,54-55,59-60H,3-16,18-21,23-44,46-48,50-53H2,1-2H3,(H,58,61)/b22-17-,49-45+. The fourth-order valence-electron chi connectivity index (χ4n) is 8.63. The summed E-state index contributed by atoms with van der Waals surface area (Å²) in [5, 5.41) is 23.1. The number of aliphatic hydroxyl groups excluding tert-OH is 2. The summed E-state index contributed by atoms with van der Waals surface area (Å²) in [6, 6.07) is -0.631. The molecule has 0 spiro atoms. The van der Waals surface area contributed by atoms with Gasteiger partial charge in [0.25, 0.3) is 0 Å². The minimum Gasteiger partial charge on any atom is -0.466 e. The molecule has 0 aliphatic heterocycles. The molecule has 0 saturated heterocycles. The van der Waals surface area contributed by atoms with Crippen molar-refractivity contribution >= 4 is 11.9 Å². The molecule has 0 aliphatic rings. The first-order chi connectivity index (χ1) is 31.0. The number of nitrogens with one attached hydrogen (secondary N) is 1. The number of carbonyl (C=O) groups excluding carboxylic acids is 2. The normalized spacial score (nSPS) is 12.8. The smallest absolute Gasteiger partial charge is 0.305 e. The van der Waals surface area contributed by atoms with E-state index in [1.54, 1.807) is 6.08 Å². The van der Waals surface area contributed by atoms with Crippen LogP contribution in [0.25, 0.3) is 0 Å². The molecule has 0 aliphatic carbocycles. The van der Waals surface area contributed by atoms with Gasteiger partial charge >= 0.3 is 5.97 Å². The van der Waals surface area contributed by atoms with Crippen molar-refractivity contribution in [2.45, 2.75) is 315 Å². The van der Waals surface area contributed by atoms with Crippen LogP contribution in [0.5, 0.6) is 0 Å². The zero-order chi connectivity index (χ0) is 45.8. The summed E-state index contributed by atoms with van der Waals surface area (Å²) in [7, 11) is 0. The number of hydrogen-bond acceptors (Lipinski definition) is 5. The minimum absolute atomic E-state index is 0.00346. The number of allylic oxidation sites excluding steroid dienone is 3. The molecule has 0 fully saturated rings. The molecule has 0 rings (SSSR count). The van der Waals surface area contributed by atoms with Crippen LogP contribution in [0, 0.1) is 0 Å². The number of ether oxygens (including phenoxy) is 1. The first-order valence-electron chi connectivity index (χ1n) is 28.1. The summed E-state index contributed by atoms with van der Waals surface area (Å²) >= 11 is 0. The Kier molecular flexibility index (Phi) is 51.6. The molecule has 0 aromatic rings. The Morgan fingerprint density at radius 1 is 0.429 bits per heavy atom. The van der Waals surface area contributed by atoms with Crippen LogP contribution in [0.2, 0.25) is 0 Å². The van der Waals surface area contributed by atoms with E-state index in [1.807, 2.05) is 6.08 Å². The zero-order valence-electron chi connectivity index (χ0n) is 42.3. The van der Waals surface area contributed by atoms with E-state index < -0.39 is 12.1 Å². The van der Waals surface area contributed by atoms with Gasteiger partial charge in [0, 0.05) is 12.8 Å². The molecule has 2 atom stereocenters. The Morgan fingerprint density at radius 3 is 1.13 bits per heavy atom. The van der Waals surface area contributed by atoms with Gasteiger partial charge in [-0.3, -0.25) is 9.59 Å². The highest BCUT2D eigenvalue weighted by atomic mass is 16.5. The fraction of sp³-hybridized carbons (Fsp3) is 0.895. The molecule has 0 radical (unpaired) electrons. The third kappa shape index (κ3) is 49.6. The van der Waals surface area contributed by atoms with E-state index in [1.165, 1.54) is 231 Å². The summed E-state index contributed by atoms with van der Waals surface area (Å²) in [4.78, 5) is 24.5. The van der Waals surface area contributed by atoms with Gasteiger partial charge in [-0.1, -0.05) is 256 Å². The van der Waals surface area contributed by atoms with Gasteiger partial charge in [-0.15, -0.1) is 0 Å². The van der Waals surface area contributed by atoms with Crippen LogP contribution in [-0.2, 0) is 14.3 Å². The number of unbranched alkanes of at least 4 members (excludes halogenated alkanes) is 39. The SMILES string of the molecule is CCCCCCCC/C=C\CCCCCCCC(=O)OCCCCCCCCCCCCCCCCCCCC(=O)NC(CO)C(O)/C=C/CCCCCCCCCCCCCC. The summed E-state index contributed by atoms with van der Waals surface area (Å²) in [5.74, 6) is -0.0763. The lowest BCUT2D eigenvalue weighted by Gasteiger charge is -2.20. The molecule has 1 amide bonds. The van der Waals surface area contributed by atoms with Crippen molar-refractivity contribution < 1.29 is 24.5 Å². The molecule has 6 heteroatoms. The Balaban J connectivity index is 3.44. The van der Waals surface area contributed by atoms with Crippen molar-refractivity contribution in [2.24, 2.45) is 0 Å². The molecule has 0 heterocycles. The average Bonchev–Trinajstić information content (AvgIpc) is 3.28. The molecule has 2 unspecified atom stereocenters. The predicted molar refractivity (Wildman–Crippen MR) is 273 cm³/mol. The third-order valence-electron chi connectivity index (χ3n) is 13.0. The van der Waals surface area contributed by atoms with Gasteiger partial charge in [0.2, 0.25) is 5.91 Å². The van der Waals surface area contributed by atoms with Crippen molar-refractivity contribution in [1.29, 1.82) is 0 Å². The number of rotatable bonds is 52. The van der Waals surface area contributed by atoms with Gasteiger partial charge in [0.05, 0.1) is 25.4 Å². The molecular formula is C57H109NO5. The van der Waals surface area contributed by atoms with Crippen molar-refractivity contribution in [1.82, 2.24) is 5.32 Å². The van der Waals surface area contributed by atoms with Crippen LogP contribution in [0.1, 0.15) is 303 Å². The minimum atomic E-state index is -0.847. The van der Waals surface area contributed by atoms with Crippen LogP contribution in [0.3, 0.4) is 0 Å². The van der Waals surface area contributed by atoms with Crippen LogP contribution in [-0.4, -0.2) is 47.4 Å². The molecular weight excluding hydrogens is 779 g/mol. The van der Waals surface area contributed by atoms with E-state index in [9.17, 15) is 19.8 Å². The zero-order valence-corrected chi connectivity index (χ0v) is 42.3. The molecule has 63 heavy (non-hydrogen) atoms. The maximum Gasteiger partial charge on any atom is 0.305 e. The van der Waals surface area contributed by atoms with Crippen molar-refractivity contribution in [3.8, 4) is 0 Å². The van der Waals surface area contributed by atoms with Crippen molar-refractivity contribution in [2.75, 3.05) is 13.2 Å². The van der Waals surface area contributed by atoms with Crippen molar-refractivity contribution in [3.05, 3.63) is 24.3 Å². The first-order valence-corrected chi connectivity index (χ1v) is 28.1. The molecule has 0 bridgehead atoms. The summed E-state index contributed by atoms with van der Waals surface area (Å²) in [6.45, 7) is 4.89. The van der Waals surface area contributed by atoms with E-state index in [2.05, 4.69) is 31.3 Å². The van der Waals surface area contributed by atoms with Crippen molar-refractivity contribution in [3.63, 3.8) is 0 Å². The van der Waals surface area contributed by atoms with Crippen LogP contribution in [0.15, 0.2) is 24.3 Å². The van der Waals surface area contributed by atoms with E-state index in [4.69, 9.17) is 4.74 Å². The van der Waals surface area contributed by atoms with Gasteiger partial charge in [-0.2, -0.15) is 0 Å². The fourth-order valence-corrected chi connectivity index (χ4v) is 8.63. The Morgan fingerprint density at radius 2 is 0.746 bits per heavy atom. The van der Waals surface area contributed by atoms with Gasteiger partial charge in [0.1, 0.15) is 0 Å². The number of amides is 1. The highest BCUT2D eigenvalue weighted by Gasteiger charge is 2.18. The van der Waals surface area contributed by atoms with Gasteiger partial charge in [-0.05, 0) is 57.8 Å². The quantitative estimate of drug-likeness (QED) is 0.0321. The highest BCUT2D eigenvalue weighted by Crippen LogP contribution is 2.16. The molecule has 0 aromatic heterocycles. The maximum atomic E-state index is 12.4. The summed E-state index contributed by atoms with van der Waals surface area (Å²) in [6.07, 6.45) is 63.3. The van der Waals surface area contributed by atoms with E-state index in [-0.39, 0.29) is 18.5 Å². The number of esters is 1. The lowest BCUT2D eigenvalue weighted by molar-refractivity contribution is -0.143. The largest absolute Gasteiger partial charge is 0.466 e. The van der Waals surface area contributed by atoms with Crippen LogP contribution >= 0.6 is 0 Å². The van der Waals surface area contributed by atoms with Gasteiger partial charge < -0.3 is 20.3 Å². The predicted octanol–water partition coefficient (Wildman–Crippen LogP) is 17.1. The molecule has 6 nitrogen and oxygen atoms in total. The second-order valence-corrected chi connectivity index (χ2v) is 19.3. The lowest BCUT2D eigenvalue weighted by atomic mass is 10.0. The van der Waals surface area contributed by atoms with E-state index >= 15 is 0 Å². The van der Waals surface area contributed by atoms with Crippen LogP contribution in [0.4, 0.5) is 0 Å². The van der Waals surface area contributed by atoms with E-state index in [0.29, 0.717) is 19.4 Å². The van der Waals surface area contributed by atoms with Crippen LogP contribution < -0.4 is 5.32 Å².